The van der Waals surface area contributed by atoms with Crippen LogP contribution in [0.3, 0.4) is 0 Å². The number of benzene rings is 2. The van der Waals surface area contributed by atoms with Gasteiger partial charge in [-0.15, -0.1) is 0 Å². The summed E-state index contributed by atoms with van der Waals surface area (Å²) in [4.78, 5) is 53.4. The van der Waals surface area contributed by atoms with E-state index in [0.717, 1.165) is 0 Å². The molecule has 0 heterocycles. The molecule has 40 heavy (non-hydrogen) atoms. The summed E-state index contributed by atoms with van der Waals surface area (Å²) in [6.07, 6.45) is 0.521. The van der Waals surface area contributed by atoms with Gasteiger partial charge in [0, 0.05) is 13.0 Å². The van der Waals surface area contributed by atoms with Crippen LogP contribution in [-0.4, -0.2) is 76.2 Å². The van der Waals surface area contributed by atoms with Gasteiger partial charge in [0.15, 0.2) is 5.96 Å². The van der Waals surface area contributed by atoms with E-state index in [1.54, 1.807) is 24.3 Å². The summed E-state index contributed by atoms with van der Waals surface area (Å²) >= 11 is 0. The Bertz CT molecular complexity index is 1180. The van der Waals surface area contributed by atoms with Gasteiger partial charge in [-0.2, -0.15) is 0 Å². The van der Waals surface area contributed by atoms with Crippen molar-refractivity contribution in [3.05, 3.63) is 59.7 Å². The number of hydrogen-bond acceptors (Lipinski definition) is 8. The molecule has 0 spiro atoms. The number of phenolic OH excluding ortho intramolecular Hbond substituents is 2. The molecule has 0 saturated heterocycles. The predicted octanol–water partition coefficient (Wildman–Crippen LogP) is -1.57. The van der Waals surface area contributed by atoms with Crippen LogP contribution in [0.2, 0.25) is 0 Å². The van der Waals surface area contributed by atoms with Crippen molar-refractivity contribution in [2.24, 2.45) is 22.2 Å². The van der Waals surface area contributed by atoms with Gasteiger partial charge in [0.25, 0.3) is 0 Å². The summed E-state index contributed by atoms with van der Waals surface area (Å²) in [5.41, 5.74) is 17.8. The van der Waals surface area contributed by atoms with E-state index < -0.39 is 48.4 Å². The number of carboxylic acid groups (broad SMARTS) is 1. The van der Waals surface area contributed by atoms with Crippen molar-refractivity contribution in [3.63, 3.8) is 0 Å². The summed E-state index contributed by atoms with van der Waals surface area (Å²) in [5.74, 6) is -3.37. The molecule has 14 nitrogen and oxygen atoms in total. The SMILES string of the molecule is NC(N)=NCCCC(NC(=O)CNC(=O)C(Cc1ccc(O)cc1)NC(=O)C(N)Cc1ccc(O)cc1)C(=O)O. The molecular formula is C26H35N7O7. The number of aliphatic imine (C=N–C) groups is 1. The molecule has 12 N–H and O–H groups in total. The van der Waals surface area contributed by atoms with Crippen molar-refractivity contribution in [2.45, 2.75) is 43.8 Å². The number of rotatable bonds is 15. The van der Waals surface area contributed by atoms with E-state index >= 15 is 0 Å². The minimum atomic E-state index is -1.26. The molecule has 0 radical (unpaired) electrons. The van der Waals surface area contributed by atoms with Crippen molar-refractivity contribution in [2.75, 3.05) is 13.1 Å². The van der Waals surface area contributed by atoms with Crippen LogP contribution < -0.4 is 33.2 Å². The molecule has 216 valence electrons. The molecule has 0 aromatic heterocycles. The van der Waals surface area contributed by atoms with E-state index in [-0.39, 0.29) is 43.3 Å². The third-order valence-electron chi connectivity index (χ3n) is 5.74. The van der Waals surface area contributed by atoms with Gasteiger partial charge in [-0.3, -0.25) is 19.4 Å². The van der Waals surface area contributed by atoms with Crippen molar-refractivity contribution >= 4 is 29.7 Å². The molecule has 3 unspecified atom stereocenters. The molecule has 2 aromatic carbocycles. The third-order valence-corrected chi connectivity index (χ3v) is 5.74. The van der Waals surface area contributed by atoms with Crippen LogP contribution in [-0.2, 0) is 32.0 Å². The quantitative estimate of drug-likeness (QED) is 0.0690. The highest BCUT2D eigenvalue weighted by Crippen LogP contribution is 2.13. The van der Waals surface area contributed by atoms with Crippen molar-refractivity contribution in [3.8, 4) is 11.5 Å². The van der Waals surface area contributed by atoms with Gasteiger partial charge in [0.2, 0.25) is 17.7 Å². The van der Waals surface area contributed by atoms with Crippen LogP contribution in [0.25, 0.3) is 0 Å². The zero-order valence-electron chi connectivity index (χ0n) is 21.7. The Hall–Kier alpha value is -4.85. The highest BCUT2D eigenvalue weighted by atomic mass is 16.4. The molecule has 2 aromatic rings. The molecule has 0 saturated carbocycles. The second-order valence-corrected chi connectivity index (χ2v) is 9.03. The molecule has 3 atom stereocenters. The van der Waals surface area contributed by atoms with Gasteiger partial charge in [-0.25, -0.2) is 4.79 Å². The number of aromatic hydroxyl groups is 2. The summed E-state index contributed by atoms with van der Waals surface area (Å²) in [6.45, 7) is -0.357. The number of carboxylic acids is 1. The molecule has 0 aliphatic carbocycles. The first-order valence-electron chi connectivity index (χ1n) is 12.4. The van der Waals surface area contributed by atoms with Crippen LogP contribution >= 0.6 is 0 Å². The number of guanidine groups is 1. The number of phenols is 2. The fourth-order valence-electron chi connectivity index (χ4n) is 3.63. The number of aliphatic carboxylic acids is 1. The van der Waals surface area contributed by atoms with Crippen molar-refractivity contribution in [1.82, 2.24) is 16.0 Å². The number of carbonyl (C=O) groups excluding carboxylic acids is 3. The lowest BCUT2D eigenvalue weighted by atomic mass is 10.0. The molecule has 0 aliphatic rings. The first-order chi connectivity index (χ1) is 18.9. The van der Waals surface area contributed by atoms with E-state index in [9.17, 15) is 34.5 Å². The molecular weight excluding hydrogens is 522 g/mol. The molecule has 0 aliphatic heterocycles. The summed E-state index contributed by atoms with van der Waals surface area (Å²) in [5, 5.41) is 35.7. The summed E-state index contributed by atoms with van der Waals surface area (Å²) in [6, 6.07) is 8.79. The van der Waals surface area contributed by atoms with Gasteiger partial charge in [-0.1, -0.05) is 24.3 Å². The maximum absolute atomic E-state index is 13.0. The second-order valence-electron chi connectivity index (χ2n) is 9.03. The van der Waals surface area contributed by atoms with E-state index in [1.807, 2.05) is 0 Å². The maximum atomic E-state index is 13.0. The smallest absolute Gasteiger partial charge is 0.326 e. The third kappa shape index (κ3) is 11.3. The largest absolute Gasteiger partial charge is 0.508 e. The van der Waals surface area contributed by atoms with Gasteiger partial charge in [0.1, 0.15) is 23.6 Å². The Morgan fingerprint density at radius 3 is 1.88 bits per heavy atom. The lowest BCUT2D eigenvalue weighted by Crippen LogP contribution is -2.54. The minimum absolute atomic E-state index is 0.0210. The second kappa shape index (κ2) is 15.5. The van der Waals surface area contributed by atoms with Crippen LogP contribution in [0, 0.1) is 0 Å². The number of nitrogens with zero attached hydrogens (tertiary/aromatic N) is 1. The summed E-state index contributed by atoms with van der Waals surface area (Å²) in [7, 11) is 0. The minimum Gasteiger partial charge on any atom is -0.508 e. The standard InChI is InChI=1S/C26H35N7O7/c27-19(12-15-3-7-17(34)8-4-15)23(37)33-21(13-16-5-9-18(35)10-6-16)24(38)31-14-22(36)32-20(25(39)40)2-1-11-30-26(28)29/h3-10,19-21,34-35H,1-2,11-14,27H2,(H,31,38)(H,32,36)(H,33,37)(H,39,40)(H4,28,29,30). The lowest BCUT2D eigenvalue weighted by Gasteiger charge is -2.21. The Balaban J connectivity index is 2.01. The number of nitrogens with one attached hydrogen (secondary N) is 3. The monoisotopic (exact) mass is 557 g/mol. The van der Waals surface area contributed by atoms with Gasteiger partial charge < -0.3 is 48.5 Å². The van der Waals surface area contributed by atoms with Crippen molar-refractivity contribution in [1.29, 1.82) is 0 Å². The van der Waals surface area contributed by atoms with E-state index in [1.165, 1.54) is 24.3 Å². The average Bonchev–Trinajstić information content (AvgIpc) is 2.90. The summed E-state index contributed by atoms with van der Waals surface area (Å²) < 4.78 is 0. The Morgan fingerprint density at radius 2 is 1.35 bits per heavy atom. The molecule has 14 heteroatoms. The zero-order chi connectivity index (χ0) is 29.7. The first kappa shape index (κ1) is 31.4. The van der Waals surface area contributed by atoms with Gasteiger partial charge in [0.05, 0.1) is 12.6 Å². The number of amides is 3. The number of nitrogens with two attached hydrogens (primary N) is 3. The maximum Gasteiger partial charge on any atom is 0.326 e. The average molecular weight is 558 g/mol. The Morgan fingerprint density at radius 1 is 0.800 bits per heavy atom. The van der Waals surface area contributed by atoms with Crippen molar-refractivity contribution < 1.29 is 34.5 Å². The van der Waals surface area contributed by atoms with Crippen LogP contribution in [0.1, 0.15) is 24.0 Å². The van der Waals surface area contributed by atoms with Gasteiger partial charge >= 0.3 is 5.97 Å². The fraction of sp³-hybridized carbons (Fsp3) is 0.346. The van der Waals surface area contributed by atoms with Crippen LogP contribution in [0.15, 0.2) is 53.5 Å². The van der Waals surface area contributed by atoms with Crippen LogP contribution in [0.4, 0.5) is 0 Å². The first-order valence-corrected chi connectivity index (χ1v) is 12.4. The number of hydrogen-bond donors (Lipinski definition) is 9. The zero-order valence-corrected chi connectivity index (χ0v) is 21.7. The molecule has 0 bridgehead atoms. The molecule has 2 rings (SSSR count). The predicted molar refractivity (Wildman–Crippen MR) is 146 cm³/mol. The fourth-order valence-corrected chi connectivity index (χ4v) is 3.63. The highest BCUT2D eigenvalue weighted by molar-refractivity contribution is 5.92. The molecule has 3 amide bonds. The number of carbonyl (C=O) groups is 4. The van der Waals surface area contributed by atoms with E-state index in [4.69, 9.17) is 17.2 Å². The topological polar surface area (TPSA) is 255 Å². The normalized spacial score (nSPS) is 12.8. The Kier molecular flexibility index (Phi) is 12.2. The Labute approximate surface area is 230 Å². The van der Waals surface area contributed by atoms with E-state index in [2.05, 4.69) is 20.9 Å². The van der Waals surface area contributed by atoms with Crippen LogP contribution in [0.5, 0.6) is 11.5 Å². The highest BCUT2D eigenvalue weighted by Gasteiger charge is 2.26. The van der Waals surface area contributed by atoms with Gasteiger partial charge in [-0.05, 0) is 54.7 Å². The molecule has 0 fully saturated rings. The lowest BCUT2D eigenvalue weighted by molar-refractivity contribution is -0.142. The van der Waals surface area contributed by atoms with E-state index in [0.29, 0.717) is 17.5 Å².